The molecular formula is C19H20N6O2. The Labute approximate surface area is 157 Å². The highest BCUT2D eigenvalue weighted by Crippen LogP contribution is 2.23. The number of hydrogen-bond donors (Lipinski definition) is 1. The molecule has 1 aromatic carbocycles. The number of hydrogen-bond acceptors (Lipinski definition) is 5. The van der Waals surface area contributed by atoms with Crippen molar-refractivity contribution in [2.45, 2.75) is 6.54 Å². The van der Waals surface area contributed by atoms with E-state index < -0.39 is 0 Å². The number of aromatic amines is 1. The van der Waals surface area contributed by atoms with Crippen molar-refractivity contribution in [2.24, 2.45) is 7.05 Å². The number of aryl methyl sites for hydroxylation is 1. The highest BCUT2D eigenvalue weighted by atomic mass is 16.5. The van der Waals surface area contributed by atoms with Gasteiger partial charge in [-0.15, -0.1) is 0 Å². The number of nitrogens with zero attached hydrogens (tertiary/aromatic N) is 5. The zero-order chi connectivity index (χ0) is 19.2. The molecule has 8 nitrogen and oxygen atoms in total. The molecule has 3 rings (SSSR count). The van der Waals surface area contributed by atoms with Gasteiger partial charge in [0.2, 0.25) is 0 Å². The van der Waals surface area contributed by atoms with Gasteiger partial charge in [0.05, 0.1) is 19.0 Å². The van der Waals surface area contributed by atoms with E-state index in [-0.39, 0.29) is 5.91 Å². The van der Waals surface area contributed by atoms with Gasteiger partial charge in [-0.2, -0.15) is 15.5 Å². The van der Waals surface area contributed by atoms with Gasteiger partial charge in [-0.1, -0.05) is 12.1 Å². The predicted molar refractivity (Wildman–Crippen MR) is 98.6 cm³/mol. The molecule has 27 heavy (non-hydrogen) atoms. The summed E-state index contributed by atoms with van der Waals surface area (Å²) in [6.07, 6.45) is 5.21. The van der Waals surface area contributed by atoms with E-state index in [4.69, 9.17) is 4.74 Å². The molecule has 0 spiro atoms. The average molecular weight is 364 g/mol. The number of rotatable bonds is 7. The highest BCUT2D eigenvalue weighted by Gasteiger charge is 2.18. The van der Waals surface area contributed by atoms with Crippen LogP contribution in [0.2, 0.25) is 0 Å². The van der Waals surface area contributed by atoms with Crippen LogP contribution in [0.15, 0.2) is 42.9 Å². The van der Waals surface area contributed by atoms with Gasteiger partial charge in [-0.3, -0.25) is 14.6 Å². The van der Waals surface area contributed by atoms with Crippen LogP contribution in [-0.4, -0.2) is 51.0 Å². The number of H-pyrrole nitrogens is 1. The number of benzene rings is 1. The second kappa shape index (κ2) is 8.29. The minimum Gasteiger partial charge on any atom is -0.383 e. The Bertz CT molecular complexity index is 968. The SMILES string of the molecule is COCCN(Cc1cnn(C)c1)C(=O)c1cccc(-c2cn[nH]c2C#N)c1. The summed E-state index contributed by atoms with van der Waals surface area (Å²) in [5.41, 5.74) is 3.28. The van der Waals surface area contributed by atoms with Crippen molar-refractivity contribution in [1.29, 1.82) is 5.26 Å². The van der Waals surface area contributed by atoms with E-state index in [9.17, 15) is 10.1 Å². The molecule has 0 aliphatic rings. The Kier molecular flexibility index (Phi) is 5.64. The molecule has 2 heterocycles. The van der Waals surface area contributed by atoms with Crippen molar-refractivity contribution in [3.8, 4) is 17.2 Å². The molecule has 0 unspecified atom stereocenters. The van der Waals surface area contributed by atoms with Gasteiger partial charge in [0.25, 0.3) is 5.91 Å². The minimum absolute atomic E-state index is 0.111. The summed E-state index contributed by atoms with van der Waals surface area (Å²) in [6, 6.07) is 9.26. The Balaban J connectivity index is 1.87. The first-order chi connectivity index (χ1) is 13.1. The molecule has 138 valence electrons. The molecule has 0 saturated heterocycles. The number of aromatic nitrogens is 4. The lowest BCUT2D eigenvalue weighted by atomic mass is 10.0. The second-order valence-corrected chi connectivity index (χ2v) is 6.09. The van der Waals surface area contributed by atoms with E-state index in [1.165, 1.54) is 0 Å². The Morgan fingerprint density at radius 3 is 2.96 bits per heavy atom. The van der Waals surface area contributed by atoms with E-state index >= 15 is 0 Å². The van der Waals surface area contributed by atoms with Crippen LogP contribution in [0.5, 0.6) is 0 Å². The molecule has 8 heteroatoms. The number of carbonyl (C=O) groups is 1. The predicted octanol–water partition coefficient (Wildman–Crippen LogP) is 1.97. The third-order valence-electron chi connectivity index (χ3n) is 4.16. The molecule has 0 fully saturated rings. The Morgan fingerprint density at radius 1 is 1.41 bits per heavy atom. The molecular weight excluding hydrogens is 344 g/mol. The summed E-state index contributed by atoms with van der Waals surface area (Å²) in [5.74, 6) is -0.111. The number of nitrogens with one attached hydrogen (secondary N) is 1. The number of amides is 1. The second-order valence-electron chi connectivity index (χ2n) is 6.09. The highest BCUT2D eigenvalue weighted by molar-refractivity contribution is 5.95. The van der Waals surface area contributed by atoms with Gasteiger partial charge >= 0.3 is 0 Å². The number of carbonyl (C=O) groups excluding carboxylic acids is 1. The van der Waals surface area contributed by atoms with Crippen molar-refractivity contribution < 1.29 is 9.53 Å². The standard InChI is InChI=1S/C19H20N6O2/c1-24-12-14(10-22-24)13-25(6-7-27-2)19(26)16-5-3-4-15(8-16)17-11-21-23-18(17)9-20/h3-5,8,10-12H,6-7,13H2,1-2H3,(H,21,23). The average Bonchev–Trinajstić information content (AvgIpc) is 3.33. The quantitative estimate of drug-likeness (QED) is 0.691. The van der Waals surface area contributed by atoms with Gasteiger partial charge in [-0.25, -0.2) is 0 Å². The van der Waals surface area contributed by atoms with E-state index in [1.807, 2.05) is 19.3 Å². The summed E-state index contributed by atoms with van der Waals surface area (Å²) in [5, 5.41) is 19.9. The van der Waals surface area contributed by atoms with Crippen molar-refractivity contribution in [2.75, 3.05) is 20.3 Å². The van der Waals surface area contributed by atoms with Gasteiger partial charge in [0.15, 0.2) is 0 Å². The monoisotopic (exact) mass is 364 g/mol. The van der Waals surface area contributed by atoms with Crippen molar-refractivity contribution in [3.63, 3.8) is 0 Å². The maximum absolute atomic E-state index is 13.1. The molecule has 0 aliphatic heterocycles. The third kappa shape index (κ3) is 4.22. The van der Waals surface area contributed by atoms with Crippen LogP contribution in [0.1, 0.15) is 21.6 Å². The molecule has 1 amide bonds. The lowest BCUT2D eigenvalue weighted by Gasteiger charge is -2.22. The van der Waals surface area contributed by atoms with Crippen molar-refractivity contribution in [1.82, 2.24) is 24.9 Å². The van der Waals surface area contributed by atoms with Gasteiger partial charge in [-0.05, 0) is 17.7 Å². The van der Waals surface area contributed by atoms with Crippen LogP contribution in [0, 0.1) is 11.3 Å². The maximum Gasteiger partial charge on any atom is 0.254 e. The Hall–Kier alpha value is -3.44. The fourth-order valence-electron chi connectivity index (χ4n) is 2.82. The smallest absolute Gasteiger partial charge is 0.254 e. The van der Waals surface area contributed by atoms with Crippen molar-refractivity contribution >= 4 is 5.91 Å². The number of methoxy groups -OCH3 is 1. The normalized spacial score (nSPS) is 10.6. The Morgan fingerprint density at radius 2 is 2.26 bits per heavy atom. The topological polar surface area (TPSA) is 99.8 Å². The van der Waals surface area contributed by atoms with Gasteiger partial charge in [0, 0.05) is 50.1 Å². The first kappa shape index (κ1) is 18.4. The van der Waals surface area contributed by atoms with E-state index in [1.54, 1.807) is 47.3 Å². The summed E-state index contributed by atoms with van der Waals surface area (Å²) < 4.78 is 6.86. The molecule has 2 aromatic heterocycles. The minimum atomic E-state index is -0.111. The van der Waals surface area contributed by atoms with Crippen LogP contribution in [-0.2, 0) is 18.3 Å². The summed E-state index contributed by atoms with van der Waals surface area (Å²) in [4.78, 5) is 14.8. The van der Waals surface area contributed by atoms with Crippen LogP contribution in [0.3, 0.4) is 0 Å². The molecule has 0 bridgehead atoms. The summed E-state index contributed by atoms with van der Waals surface area (Å²) in [7, 11) is 3.45. The van der Waals surface area contributed by atoms with Gasteiger partial charge in [0.1, 0.15) is 11.8 Å². The molecule has 0 radical (unpaired) electrons. The first-order valence-corrected chi connectivity index (χ1v) is 8.42. The van der Waals surface area contributed by atoms with Gasteiger partial charge < -0.3 is 9.64 Å². The van der Waals surface area contributed by atoms with Crippen LogP contribution < -0.4 is 0 Å². The first-order valence-electron chi connectivity index (χ1n) is 8.42. The molecule has 0 aliphatic carbocycles. The van der Waals surface area contributed by atoms with E-state index in [0.29, 0.717) is 36.5 Å². The largest absolute Gasteiger partial charge is 0.383 e. The van der Waals surface area contributed by atoms with Crippen LogP contribution in [0.4, 0.5) is 0 Å². The van der Waals surface area contributed by atoms with E-state index in [2.05, 4.69) is 21.4 Å². The lowest BCUT2D eigenvalue weighted by molar-refractivity contribution is 0.0680. The van der Waals surface area contributed by atoms with Crippen LogP contribution in [0.25, 0.3) is 11.1 Å². The van der Waals surface area contributed by atoms with E-state index in [0.717, 1.165) is 11.1 Å². The molecule has 3 aromatic rings. The molecule has 0 atom stereocenters. The van der Waals surface area contributed by atoms with Crippen LogP contribution >= 0.6 is 0 Å². The molecule has 0 saturated carbocycles. The fourth-order valence-corrected chi connectivity index (χ4v) is 2.82. The zero-order valence-electron chi connectivity index (χ0n) is 15.2. The summed E-state index contributed by atoms with van der Waals surface area (Å²) in [6.45, 7) is 1.34. The number of ether oxygens (including phenoxy) is 1. The lowest BCUT2D eigenvalue weighted by Crippen LogP contribution is -2.33. The maximum atomic E-state index is 13.1. The van der Waals surface area contributed by atoms with Crippen molar-refractivity contribution in [3.05, 3.63) is 59.7 Å². The number of nitriles is 1. The summed E-state index contributed by atoms with van der Waals surface area (Å²) >= 11 is 0. The molecule has 1 N–H and O–H groups in total. The zero-order valence-corrected chi connectivity index (χ0v) is 15.2. The fraction of sp³-hybridized carbons (Fsp3) is 0.263. The third-order valence-corrected chi connectivity index (χ3v) is 4.16.